The highest BCUT2D eigenvalue weighted by molar-refractivity contribution is 5.37. The maximum absolute atomic E-state index is 5.41. The molecule has 1 aromatic rings. The lowest BCUT2D eigenvalue weighted by atomic mass is 10.1. The Bertz CT molecular complexity index is 324. The molecule has 0 atom stereocenters. The summed E-state index contributed by atoms with van der Waals surface area (Å²) >= 11 is 0. The summed E-state index contributed by atoms with van der Waals surface area (Å²) in [5.41, 5.74) is 2.49. The molecule has 1 N–H and O–H groups in total. The van der Waals surface area contributed by atoms with Crippen molar-refractivity contribution in [2.45, 2.75) is 20.0 Å². The number of rotatable bonds is 6. The highest BCUT2D eigenvalue weighted by Gasteiger charge is 2.04. The van der Waals surface area contributed by atoms with Crippen LogP contribution >= 0.6 is 0 Å². The fourth-order valence-corrected chi connectivity index (χ4v) is 1.66. The van der Waals surface area contributed by atoms with Crippen molar-refractivity contribution in [3.05, 3.63) is 29.3 Å². The molecule has 0 fully saturated rings. The summed E-state index contributed by atoms with van der Waals surface area (Å²) in [6.45, 7) is 4.88. The molecule has 1 aromatic carbocycles. The van der Waals surface area contributed by atoms with E-state index in [2.05, 4.69) is 49.4 Å². The van der Waals surface area contributed by atoms with Crippen LogP contribution in [0.15, 0.2) is 18.2 Å². The lowest BCUT2D eigenvalue weighted by molar-refractivity contribution is 0.392. The zero-order chi connectivity index (χ0) is 12.0. The van der Waals surface area contributed by atoms with Crippen molar-refractivity contribution >= 4 is 0 Å². The van der Waals surface area contributed by atoms with Crippen molar-refractivity contribution in [2.75, 3.05) is 27.7 Å². The quantitative estimate of drug-likeness (QED) is 0.795. The van der Waals surface area contributed by atoms with Crippen LogP contribution in [0.4, 0.5) is 0 Å². The van der Waals surface area contributed by atoms with Gasteiger partial charge in [-0.2, -0.15) is 0 Å². The van der Waals surface area contributed by atoms with Crippen LogP contribution in [0.2, 0.25) is 0 Å². The van der Waals surface area contributed by atoms with Crippen LogP contribution in [-0.4, -0.2) is 32.6 Å². The Hall–Kier alpha value is -1.06. The summed E-state index contributed by atoms with van der Waals surface area (Å²) in [6.07, 6.45) is 0. The Morgan fingerprint density at radius 1 is 1.31 bits per heavy atom. The summed E-state index contributed by atoms with van der Waals surface area (Å²) in [5.74, 6) is 0.973. The number of methoxy groups -OCH3 is 1. The van der Waals surface area contributed by atoms with Crippen LogP contribution < -0.4 is 10.1 Å². The summed E-state index contributed by atoms with van der Waals surface area (Å²) in [6, 6.07) is 6.42. The first-order valence-electron chi connectivity index (χ1n) is 5.68. The molecule has 3 nitrogen and oxygen atoms in total. The van der Waals surface area contributed by atoms with Crippen molar-refractivity contribution in [2.24, 2.45) is 0 Å². The molecule has 0 saturated heterocycles. The van der Waals surface area contributed by atoms with E-state index in [0.717, 1.165) is 25.4 Å². The minimum Gasteiger partial charge on any atom is -0.496 e. The van der Waals surface area contributed by atoms with E-state index in [9.17, 15) is 0 Å². The standard InChI is InChI=1S/C13H22N2O/c1-5-14-9-12-7-6-11(10-15(2)3)8-13(12)16-4/h6-8,14H,5,9-10H2,1-4H3. The molecule has 3 heteroatoms. The van der Waals surface area contributed by atoms with Crippen molar-refractivity contribution in [1.29, 1.82) is 0 Å². The van der Waals surface area contributed by atoms with Crippen molar-refractivity contribution in [3.63, 3.8) is 0 Å². The molecule has 90 valence electrons. The van der Waals surface area contributed by atoms with E-state index in [1.807, 2.05) is 0 Å². The van der Waals surface area contributed by atoms with Gasteiger partial charge in [-0.25, -0.2) is 0 Å². The van der Waals surface area contributed by atoms with Crippen LogP contribution in [0.25, 0.3) is 0 Å². The molecule has 0 spiro atoms. The zero-order valence-electron chi connectivity index (χ0n) is 10.7. The average molecular weight is 222 g/mol. The number of nitrogens with one attached hydrogen (secondary N) is 1. The SMILES string of the molecule is CCNCc1ccc(CN(C)C)cc1OC. The molecule has 0 radical (unpaired) electrons. The second-order valence-corrected chi connectivity index (χ2v) is 4.16. The summed E-state index contributed by atoms with van der Waals surface area (Å²) in [4.78, 5) is 2.15. The third-order valence-electron chi connectivity index (χ3n) is 2.42. The van der Waals surface area contributed by atoms with E-state index in [1.54, 1.807) is 7.11 Å². The highest BCUT2D eigenvalue weighted by Crippen LogP contribution is 2.20. The minimum absolute atomic E-state index is 0.863. The van der Waals surface area contributed by atoms with Crippen LogP contribution in [0.3, 0.4) is 0 Å². The maximum atomic E-state index is 5.41. The number of nitrogens with zero attached hydrogens (tertiary/aromatic N) is 1. The van der Waals surface area contributed by atoms with Gasteiger partial charge in [0.15, 0.2) is 0 Å². The van der Waals surface area contributed by atoms with Gasteiger partial charge in [-0.3, -0.25) is 0 Å². The Labute approximate surface area is 98.4 Å². The molecule has 0 aliphatic heterocycles. The van der Waals surface area contributed by atoms with E-state index in [-0.39, 0.29) is 0 Å². The van der Waals surface area contributed by atoms with Gasteiger partial charge in [0.1, 0.15) is 5.75 Å². The van der Waals surface area contributed by atoms with Crippen LogP contribution in [0, 0.1) is 0 Å². The van der Waals surface area contributed by atoms with E-state index in [4.69, 9.17) is 4.74 Å². The predicted octanol–water partition coefficient (Wildman–Crippen LogP) is 1.87. The lowest BCUT2D eigenvalue weighted by Crippen LogP contribution is -2.14. The van der Waals surface area contributed by atoms with Gasteiger partial charge in [-0.05, 0) is 32.3 Å². The van der Waals surface area contributed by atoms with E-state index < -0.39 is 0 Å². The van der Waals surface area contributed by atoms with Gasteiger partial charge in [-0.15, -0.1) is 0 Å². The molecule has 0 unspecified atom stereocenters. The zero-order valence-corrected chi connectivity index (χ0v) is 10.7. The molecule has 0 aromatic heterocycles. The average Bonchev–Trinajstić information content (AvgIpc) is 2.26. The minimum atomic E-state index is 0.863. The molecule has 0 aliphatic rings. The van der Waals surface area contributed by atoms with Gasteiger partial charge in [-0.1, -0.05) is 19.1 Å². The largest absolute Gasteiger partial charge is 0.496 e. The molecular weight excluding hydrogens is 200 g/mol. The second-order valence-electron chi connectivity index (χ2n) is 4.16. The first-order valence-corrected chi connectivity index (χ1v) is 5.68. The number of hydrogen-bond acceptors (Lipinski definition) is 3. The van der Waals surface area contributed by atoms with Gasteiger partial charge in [0.05, 0.1) is 7.11 Å². The maximum Gasteiger partial charge on any atom is 0.123 e. The van der Waals surface area contributed by atoms with E-state index >= 15 is 0 Å². The monoisotopic (exact) mass is 222 g/mol. The van der Waals surface area contributed by atoms with Crippen LogP contribution in [0.1, 0.15) is 18.1 Å². The highest BCUT2D eigenvalue weighted by atomic mass is 16.5. The normalized spacial score (nSPS) is 10.8. The third kappa shape index (κ3) is 3.83. The third-order valence-corrected chi connectivity index (χ3v) is 2.42. The first-order chi connectivity index (χ1) is 7.67. The number of ether oxygens (including phenoxy) is 1. The Morgan fingerprint density at radius 3 is 2.62 bits per heavy atom. The number of benzene rings is 1. The Kier molecular flexibility index (Phi) is 5.29. The summed E-state index contributed by atoms with van der Waals surface area (Å²) in [7, 11) is 5.86. The van der Waals surface area contributed by atoms with Crippen LogP contribution in [-0.2, 0) is 13.1 Å². The summed E-state index contributed by atoms with van der Waals surface area (Å²) in [5, 5.41) is 3.31. The fourth-order valence-electron chi connectivity index (χ4n) is 1.66. The van der Waals surface area contributed by atoms with Gasteiger partial charge in [0.25, 0.3) is 0 Å². The Balaban J connectivity index is 2.79. The van der Waals surface area contributed by atoms with Gasteiger partial charge >= 0.3 is 0 Å². The van der Waals surface area contributed by atoms with Gasteiger partial charge < -0.3 is 15.0 Å². The summed E-state index contributed by atoms with van der Waals surface area (Å²) < 4.78 is 5.41. The molecule has 0 amide bonds. The first kappa shape index (κ1) is 13.0. The predicted molar refractivity (Wildman–Crippen MR) is 67.8 cm³/mol. The molecule has 1 rings (SSSR count). The van der Waals surface area contributed by atoms with Crippen molar-refractivity contribution in [3.8, 4) is 5.75 Å². The number of hydrogen-bond donors (Lipinski definition) is 1. The molecule has 0 aliphatic carbocycles. The van der Waals surface area contributed by atoms with E-state index in [1.165, 1.54) is 11.1 Å². The van der Waals surface area contributed by atoms with Gasteiger partial charge in [0, 0.05) is 18.7 Å². The molecule has 16 heavy (non-hydrogen) atoms. The van der Waals surface area contributed by atoms with E-state index in [0.29, 0.717) is 0 Å². The van der Waals surface area contributed by atoms with Gasteiger partial charge in [0.2, 0.25) is 0 Å². The molecule has 0 bridgehead atoms. The topological polar surface area (TPSA) is 24.5 Å². The Morgan fingerprint density at radius 2 is 2.06 bits per heavy atom. The fraction of sp³-hybridized carbons (Fsp3) is 0.538. The molecular formula is C13H22N2O. The molecule has 0 saturated carbocycles. The van der Waals surface area contributed by atoms with Crippen LogP contribution in [0.5, 0.6) is 5.75 Å². The molecule has 0 heterocycles. The van der Waals surface area contributed by atoms with Crippen molar-refractivity contribution < 1.29 is 4.74 Å². The second kappa shape index (κ2) is 6.51. The lowest BCUT2D eigenvalue weighted by Gasteiger charge is -2.13. The van der Waals surface area contributed by atoms with Crippen molar-refractivity contribution in [1.82, 2.24) is 10.2 Å². The smallest absolute Gasteiger partial charge is 0.123 e.